The molecule has 0 unspecified atom stereocenters. The quantitative estimate of drug-likeness (QED) is 0.664. The molecule has 0 atom stereocenters. The molecule has 3 aromatic rings. The summed E-state index contributed by atoms with van der Waals surface area (Å²) in [5.74, 6) is 0.0619. The maximum atomic E-state index is 12.7. The molecule has 2 heterocycles. The summed E-state index contributed by atoms with van der Waals surface area (Å²) in [4.78, 5) is 16.9. The van der Waals surface area contributed by atoms with Crippen LogP contribution in [0.5, 0.6) is 0 Å². The molecule has 0 aliphatic carbocycles. The summed E-state index contributed by atoms with van der Waals surface area (Å²) in [6, 6.07) is 13.7. The minimum atomic E-state index is 0.0619. The van der Waals surface area contributed by atoms with Crippen LogP contribution in [0.25, 0.3) is 10.9 Å². The van der Waals surface area contributed by atoms with Crippen molar-refractivity contribution in [3.63, 3.8) is 0 Å². The summed E-state index contributed by atoms with van der Waals surface area (Å²) in [6.07, 6.45) is 0. The monoisotopic (exact) mass is 402 g/mol. The largest absolute Gasteiger partial charge is 0.368 e. The van der Waals surface area contributed by atoms with Crippen LogP contribution in [0.3, 0.4) is 0 Å². The number of para-hydroxylation sites is 1. The number of halogens is 2. The first-order valence-corrected chi connectivity index (χ1v) is 9.68. The van der Waals surface area contributed by atoms with Gasteiger partial charge in [0.15, 0.2) is 5.15 Å². The molecule has 4 rings (SSSR count). The number of hydrogen-bond donors (Lipinski definition) is 0. The van der Waals surface area contributed by atoms with Gasteiger partial charge in [0.05, 0.1) is 5.52 Å². The van der Waals surface area contributed by atoms with Crippen LogP contribution in [0.15, 0.2) is 42.5 Å². The molecule has 0 radical (unpaired) electrons. The fourth-order valence-corrected chi connectivity index (χ4v) is 3.84. The zero-order valence-electron chi connectivity index (χ0n) is 15.0. The van der Waals surface area contributed by atoms with Gasteiger partial charge in [-0.15, -0.1) is 0 Å². The van der Waals surface area contributed by atoms with Crippen molar-refractivity contribution < 1.29 is 4.79 Å². The number of rotatable bonds is 3. The first-order chi connectivity index (χ1) is 13.0. The van der Waals surface area contributed by atoms with E-state index in [1.807, 2.05) is 48.2 Å². The van der Waals surface area contributed by atoms with Gasteiger partial charge in [-0.1, -0.05) is 35.3 Å². The molecule has 0 bridgehead atoms. The van der Waals surface area contributed by atoms with E-state index in [1.54, 1.807) is 4.68 Å². The molecule has 7 heteroatoms. The molecule has 0 spiro atoms. The van der Waals surface area contributed by atoms with Crippen molar-refractivity contribution >= 4 is 45.7 Å². The molecule has 1 fully saturated rings. The number of carbonyl (C=O) groups excluding carboxylic acids is 1. The second-order valence-electron chi connectivity index (χ2n) is 6.77. The zero-order chi connectivity index (χ0) is 19.0. The maximum absolute atomic E-state index is 12.7. The molecular weight excluding hydrogens is 383 g/mol. The maximum Gasteiger partial charge on any atom is 0.244 e. The van der Waals surface area contributed by atoms with Gasteiger partial charge in [0, 0.05) is 42.3 Å². The van der Waals surface area contributed by atoms with Gasteiger partial charge < -0.3 is 9.80 Å². The molecule has 1 aliphatic heterocycles. The number of amides is 1. The summed E-state index contributed by atoms with van der Waals surface area (Å²) < 4.78 is 1.69. The molecule has 0 saturated carbocycles. The Morgan fingerprint density at radius 2 is 1.81 bits per heavy atom. The highest BCUT2D eigenvalue weighted by atomic mass is 35.5. The van der Waals surface area contributed by atoms with Gasteiger partial charge in [0.1, 0.15) is 6.54 Å². The molecule has 1 saturated heterocycles. The Morgan fingerprint density at radius 1 is 1.07 bits per heavy atom. The van der Waals surface area contributed by atoms with Gasteiger partial charge >= 0.3 is 0 Å². The molecule has 1 amide bonds. The summed E-state index contributed by atoms with van der Waals surface area (Å²) in [5, 5.41) is 6.39. The number of fused-ring (bicyclic) bond motifs is 1. The van der Waals surface area contributed by atoms with E-state index >= 15 is 0 Å². The van der Waals surface area contributed by atoms with E-state index < -0.39 is 0 Å². The second-order valence-corrected chi connectivity index (χ2v) is 7.53. The van der Waals surface area contributed by atoms with Gasteiger partial charge in [0.2, 0.25) is 5.91 Å². The van der Waals surface area contributed by atoms with Crippen LogP contribution in [-0.2, 0) is 11.3 Å². The first kappa shape index (κ1) is 18.1. The van der Waals surface area contributed by atoms with Gasteiger partial charge in [-0.05, 0) is 42.8 Å². The number of aryl methyl sites for hydroxylation is 1. The number of nitrogens with zero attached hydrogens (tertiary/aromatic N) is 4. The van der Waals surface area contributed by atoms with Crippen molar-refractivity contribution in [2.45, 2.75) is 13.5 Å². The Hall–Kier alpha value is -2.24. The average molecular weight is 403 g/mol. The lowest BCUT2D eigenvalue weighted by atomic mass is 10.2. The molecule has 2 aromatic carbocycles. The Balaban J connectivity index is 1.42. The third-order valence-electron chi connectivity index (χ3n) is 5.04. The van der Waals surface area contributed by atoms with Crippen LogP contribution in [0.4, 0.5) is 5.69 Å². The molecular formula is C20H20Cl2N4O. The van der Waals surface area contributed by atoms with Gasteiger partial charge in [-0.2, -0.15) is 5.10 Å². The highest BCUT2D eigenvalue weighted by Crippen LogP contribution is 2.24. The minimum absolute atomic E-state index is 0.0619. The minimum Gasteiger partial charge on any atom is -0.368 e. The van der Waals surface area contributed by atoms with Gasteiger partial charge in [-0.25, -0.2) is 0 Å². The Kier molecular flexibility index (Phi) is 4.98. The molecule has 0 N–H and O–H groups in total. The van der Waals surface area contributed by atoms with E-state index in [2.05, 4.69) is 16.1 Å². The van der Waals surface area contributed by atoms with Gasteiger partial charge in [0.25, 0.3) is 0 Å². The number of hydrogen-bond acceptors (Lipinski definition) is 3. The average Bonchev–Trinajstić information content (AvgIpc) is 3.00. The molecule has 27 heavy (non-hydrogen) atoms. The van der Waals surface area contributed by atoms with E-state index in [4.69, 9.17) is 23.2 Å². The summed E-state index contributed by atoms with van der Waals surface area (Å²) in [6.45, 7) is 5.18. The lowest BCUT2D eigenvalue weighted by Crippen LogP contribution is -2.49. The highest BCUT2D eigenvalue weighted by Gasteiger charge is 2.22. The number of anilines is 1. The standard InChI is InChI=1S/C20H20Cl2N4O/c1-14-12-15(6-7-17(14)21)24-8-10-25(11-9-24)19(27)13-26-18-5-3-2-4-16(18)20(22)23-26/h2-7,12H,8-11,13H2,1H3. The van der Waals surface area contributed by atoms with E-state index in [9.17, 15) is 4.79 Å². The van der Waals surface area contributed by atoms with Crippen molar-refractivity contribution in [2.24, 2.45) is 0 Å². The van der Waals surface area contributed by atoms with Crippen LogP contribution < -0.4 is 4.90 Å². The van der Waals surface area contributed by atoms with Crippen molar-refractivity contribution in [2.75, 3.05) is 31.1 Å². The lowest BCUT2D eigenvalue weighted by molar-refractivity contribution is -0.132. The van der Waals surface area contributed by atoms with E-state index in [1.165, 1.54) is 0 Å². The van der Waals surface area contributed by atoms with Crippen molar-refractivity contribution in [1.82, 2.24) is 14.7 Å². The summed E-state index contributed by atoms with van der Waals surface area (Å²) in [5.41, 5.74) is 3.09. The van der Waals surface area contributed by atoms with Crippen molar-refractivity contribution in [3.05, 3.63) is 58.2 Å². The van der Waals surface area contributed by atoms with Crippen LogP contribution in [0.2, 0.25) is 10.2 Å². The van der Waals surface area contributed by atoms with Gasteiger partial charge in [-0.3, -0.25) is 9.48 Å². The predicted octanol–water partition coefficient (Wildman–Crippen LogP) is 4.00. The predicted molar refractivity (Wildman–Crippen MR) is 110 cm³/mol. The van der Waals surface area contributed by atoms with Crippen LogP contribution in [0, 0.1) is 6.92 Å². The van der Waals surface area contributed by atoms with Crippen molar-refractivity contribution in [1.29, 1.82) is 0 Å². The summed E-state index contributed by atoms with van der Waals surface area (Å²) in [7, 11) is 0. The number of carbonyl (C=O) groups is 1. The first-order valence-electron chi connectivity index (χ1n) is 8.93. The number of aromatic nitrogens is 2. The third-order valence-corrected chi connectivity index (χ3v) is 5.74. The SMILES string of the molecule is Cc1cc(N2CCN(C(=O)Cn3nc(Cl)c4ccccc43)CC2)ccc1Cl. The Morgan fingerprint density at radius 3 is 2.56 bits per heavy atom. The smallest absolute Gasteiger partial charge is 0.244 e. The second kappa shape index (κ2) is 7.41. The van der Waals surface area contributed by atoms with Crippen LogP contribution in [0.1, 0.15) is 5.56 Å². The van der Waals surface area contributed by atoms with E-state index in [0.29, 0.717) is 18.2 Å². The number of benzene rings is 2. The van der Waals surface area contributed by atoms with E-state index in [0.717, 1.165) is 40.3 Å². The molecule has 1 aromatic heterocycles. The number of piperazine rings is 1. The van der Waals surface area contributed by atoms with E-state index in [-0.39, 0.29) is 12.5 Å². The normalized spacial score (nSPS) is 14.8. The van der Waals surface area contributed by atoms with Crippen LogP contribution in [-0.4, -0.2) is 46.8 Å². The molecule has 5 nitrogen and oxygen atoms in total. The fourth-order valence-electron chi connectivity index (χ4n) is 3.48. The molecule has 1 aliphatic rings. The van der Waals surface area contributed by atoms with Crippen molar-refractivity contribution in [3.8, 4) is 0 Å². The summed E-state index contributed by atoms with van der Waals surface area (Å²) >= 11 is 12.3. The Labute approximate surface area is 168 Å². The zero-order valence-corrected chi connectivity index (χ0v) is 16.5. The Bertz CT molecular complexity index is 993. The lowest BCUT2D eigenvalue weighted by Gasteiger charge is -2.36. The fraction of sp³-hybridized carbons (Fsp3) is 0.300. The highest BCUT2D eigenvalue weighted by molar-refractivity contribution is 6.34. The third kappa shape index (κ3) is 3.62. The van der Waals surface area contributed by atoms with Crippen LogP contribution >= 0.6 is 23.2 Å². The topological polar surface area (TPSA) is 41.4 Å². The molecule has 140 valence electrons.